The van der Waals surface area contributed by atoms with E-state index in [0.717, 1.165) is 11.6 Å². The van der Waals surface area contributed by atoms with Crippen molar-refractivity contribution in [3.63, 3.8) is 0 Å². The maximum absolute atomic E-state index is 13.9. The van der Waals surface area contributed by atoms with Crippen molar-refractivity contribution in [2.75, 3.05) is 10.2 Å². The lowest BCUT2D eigenvalue weighted by Gasteiger charge is -2.20. The van der Waals surface area contributed by atoms with Gasteiger partial charge in [0, 0.05) is 23.6 Å². The molecule has 1 aliphatic heterocycles. The molecule has 0 unspecified atom stereocenters. The average Bonchev–Trinajstić information content (AvgIpc) is 3.08. The second-order valence-corrected chi connectivity index (χ2v) is 9.62. The van der Waals surface area contributed by atoms with Crippen LogP contribution in [0.25, 0.3) is 11.1 Å². The van der Waals surface area contributed by atoms with Gasteiger partial charge in [0.2, 0.25) is 5.91 Å². The Balaban J connectivity index is 1.65. The largest absolute Gasteiger partial charge is 0.417 e. The van der Waals surface area contributed by atoms with Crippen LogP contribution in [0.15, 0.2) is 79.3 Å². The molecule has 0 bridgehead atoms. The molecule has 2 aromatic carbocycles. The molecule has 0 radical (unpaired) electrons. The van der Waals surface area contributed by atoms with E-state index >= 15 is 0 Å². The first-order chi connectivity index (χ1) is 18.0. The molecule has 38 heavy (non-hydrogen) atoms. The zero-order valence-corrected chi connectivity index (χ0v) is 20.8. The quantitative estimate of drug-likeness (QED) is 0.328. The van der Waals surface area contributed by atoms with Crippen molar-refractivity contribution >= 4 is 29.0 Å². The Labute approximate surface area is 217 Å². The van der Waals surface area contributed by atoms with Gasteiger partial charge < -0.3 is 5.32 Å². The number of hydrogen-bond donors (Lipinski definition) is 1. The second kappa shape index (κ2) is 9.09. The van der Waals surface area contributed by atoms with Crippen LogP contribution in [0, 0.1) is 6.92 Å². The van der Waals surface area contributed by atoms with E-state index in [1.165, 1.54) is 23.2 Å². The molecule has 3 heterocycles. The number of carbonyl (C=O) groups excluding carboxylic acids is 2. The highest BCUT2D eigenvalue weighted by Gasteiger charge is 2.47. The number of nitrogens with one attached hydrogen (secondary N) is 1. The number of carbonyl (C=O) groups is 2. The van der Waals surface area contributed by atoms with Crippen molar-refractivity contribution < 1.29 is 22.8 Å². The Morgan fingerprint density at radius 2 is 1.79 bits per heavy atom. The van der Waals surface area contributed by atoms with E-state index in [9.17, 15) is 22.8 Å². The van der Waals surface area contributed by atoms with E-state index < -0.39 is 28.6 Å². The van der Waals surface area contributed by atoms with Crippen molar-refractivity contribution in [1.29, 1.82) is 0 Å². The highest BCUT2D eigenvalue weighted by Crippen LogP contribution is 2.48. The first kappa shape index (κ1) is 25.1. The minimum Gasteiger partial charge on any atom is -0.322 e. The van der Waals surface area contributed by atoms with Gasteiger partial charge in [-0.3, -0.25) is 19.5 Å². The Morgan fingerprint density at radius 1 is 1.00 bits per heavy atom. The molecule has 5 rings (SSSR count). The summed E-state index contributed by atoms with van der Waals surface area (Å²) in [6.45, 7) is 5.30. The molecule has 0 fully saturated rings. The van der Waals surface area contributed by atoms with Crippen LogP contribution >= 0.6 is 0 Å². The van der Waals surface area contributed by atoms with Crippen LogP contribution in [-0.4, -0.2) is 21.8 Å². The Kier molecular flexibility index (Phi) is 6.01. The van der Waals surface area contributed by atoms with Gasteiger partial charge >= 0.3 is 6.18 Å². The number of aryl methyl sites for hydroxylation is 1. The fraction of sp³-hybridized carbons (Fsp3) is 0.172. The van der Waals surface area contributed by atoms with E-state index in [1.54, 1.807) is 62.6 Å². The van der Waals surface area contributed by atoms with Gasteiger partial charge in [-0.2, -0.15) is 13.2 Å². The van der Waals surface area contributed by atoms with Gasteiger partial charge in [-0.25, -0.2) is 4.98 Å². The van der Waals surface area contributed by atoms with Crippen LogP contribution in [0.1, 0.15) is 40.9 Å². The summed E-state index contributed by atoms with van der Waals surface area (Å²) >= 11 is 0. The van der Waals surface area contributed by atoms with Crippen molar-refractivity contribution in [3.8, 4) is 11.1 Å². The predicted octanol–water partition coefficient (Wildman–Crippen LogP) is 6.68. The third-order valence-electron chi connectivity index (χ3n) is 6.57. The van der Waals surface area contributed by atoms with Gasteiger partial charge in [-0.1, -0.05) is 18.2 Å². The normalized spacial score (nSPS) is 14.4. The number of alkyl halides is 3. The number of hydrogen-bond acceptors (Lipinski definition) is 4. The zero-order valence-electron chi connectivity index (χ0n) is 20.8. The molecule has 6 nitrogen and oxygen atoms in total. The molecule has 2 amide bonds. The molecular weight excluding hydrogens is 493 g/mol. The number of benzene rings is 2. The van der Waals surface area contributed by atoms with Gasteiger partial charge in [-0.05, 0) is 79.9 Å². The minimum absolute atomic E-state index is 0.246. The standard InChI is InChI=1S/C29H23F3N4O2/c1-17-6-4-7-19(14-17)35-26(37)22-15-18(9-10-23(22)29(30,31)32)21-11-13-34-25-24(21)28(2,3)27(38)36(25)20-8-5-12-33-16-20/h4-16H,1-3H3,(H,35,37). The summed E-state index contributed by atoms with van der Waals surface area (Å²) in [6.07, 6.45) is -0.116. The molecule has 1 N–H and O–H groups in total. The monoisotopic (exact) mass is 516 g/mol. The SMILES string of the molecule is Cc1cccc(NC(=O)c2cc(-c3ccnc4c3C(C)(C)C(=O)N4c3cccnc3)ccc2C(F)(F)F)c1. The molecule has 192 valence electrons. The lowest BCUT2D eigenvalue weighted by Crippen LogP contribution is -2.33. The molecular formula is C29H23F3N4O2. The van der Waals surface area contributed by atoms with E-state index in [-0.39, 0.29) is 5.91 Å². The first-order valence-electron chi connectivity index (χ1n) is 11.8. The number of nitrogens with zero attached hydrogens (tertiary/aromatic N) is 3. The fourth-order valence-corrected chi connectivity index (χ4v) is 4.75. The lowest BCUT2D eigenvalue weighted by molar-refractivity contribution is -0.137. The van der Waals surface area contributed by atoms with Gasteiger partial charge in [0.1, 0.15) is 5.82 Å². The van der Waals surface area contributed by atoms with Crippen LogP contribution in [0.5, 0.6) is 0 Å². The van der Waals surface area contributed by atoms with Gasteiger partial charge in [0.25, 0.3) is 5.91 Å². The Morgan fingerprint density at radius 3 is 2.47 bits per heavy atom. The summed E-state index contributed by atoms with van der Waals surface area (Å²) in [7, 11) is 0. The summed E-state index contributed by atoms with van der Waals surface area (Å²) in [5.74, 6) is -0.760. The highest BCUT2D eigenvalue weighted by molar-refractivity contribution is 6.13. The molecule has 0 saturated carbocycles. The topological polar surface area (TPSA) is 75.2 Å². The van der Waals surface area contributed by atoms with Crippen molar-refractivity contribution in [2.24, 2.45) is 0 Å². The summed E-state index contributed by atoms with van der Waals surface area (Å²) in [5.41, 5.74) is 0.581. The fourth-order valence-electron chi connectivity index (χ4n) is 4.75. The third-order valence-corrected chi connectivity index (χ3v) is 6.57. The van der Waals surface area contributed by atoms with E-state index in [4.69, 9.17) is 0 Å². The zero-order chi connectivity index (χ0) is 27.2. The Hall–Kier alpha value is -4.53. The third kappa shape index (κ3) is 4.30. The first-order valence-corrected chi connectivity index (χ1v) is 11.8. The van der Waals surface area contributed by atoms with Gasteiger partial charge in [0.15, 0.2) is 0 Å². The van der Waals surface area contributed by atoms with E-state index in [0.29, 0.717) is 33.9 Å². The summed E-state index contributed by atoms with van der Waals surface area (Å²) in [5, 5.41) is 2.57. The lowest BCUT2D eigenvalue weighted by atomic mass is 9.82. The van der Waals surface area contributed by atoms with Crippen molar-refractivity contribution in [2.45, 2.75) is 32.4 Å². The number of anilines is 3. The maximum atomic E-state index is 13.9. The molecule has 4 aromatic rings. The van der Waals surface area contributed by atoms with E-state index in [1.807, 2.05) is 13.0 Å². The number of pyridine rings is 2. The predicted molar refractivity (Wildman–Crippen MR) is 138 cm³/mol. The van der Waals surface area contributed by atoms with Crippen LogP contribution < -0.4 is 10.2 Å². The average molecular weight is 517 g/mol. The maximum Gasteiger partial charge on any atom is 0.417 e. The molecule has 2 aromatic heterocycles. The number of fused-ring (bicyclic) bond motifs is 1. The summed E-state index contributed by atoms with van der Waals surface area (Å²) < 4.78 is 41.8. The Bertz CT molecular complexity index is 1570. The van der Waals surface area contributed by atoms with Crippen LogP contribution in [0.2, 0.25) is 0 Å². The van der Waals surface area contributed by atoms with E-state index in [2.05, 4.69) is 15.3 Å². The van der Waals surface area contributed by atoms with Crippen LogP contribution in [-0.2, 0) is 16.4 Å². The number of aromatic nitrogens is 2. The van der Waals surface area contributed by atoms with Crippen molar-refractivity contribution in [3.05, 3.63) is 102 Å². The highest BCUT2D eigenvalue weighted by atomic mass is 19.4. The molecule has 0 aliphatic carbocycles. The smallest absolute Gasteiger partial charge is 0.322 e. The molecule has 0 atom stereocenters. The summed E-state index contributed by atoms with van der Waals surface area (Å²) in [6, 6.07) is 15.3. The molecule has 0 spiro atoms. The minimum atomic E-state index is -4.75. The van der Waals surface area contributed by atoms with Crippen LogP contribution in [0.3, 0.4) is 0 Å². The molecule has 1 aliphatic rings. The number of rotatable bonds is 4. The second-order valence-electron chi connectivity index (χ2n) is 9.62. The number of halogens is 3. The van der Waals surface area contributed by atoms with Gasteiger partial charge in [0.05, 0.1) is 28.4 Å². The summed E-state index contributed by atoms with van der Waals surface area (Å²) in [4.78, 5) is 36.6. The molecule has 9 heteroatoms. The van der Waals surface area contributed by atoms with Crippen LogP contribution in [0.4, 0.5) is 30.4 Å². The number of amides is 2. The molecule has 0 saturated heterocycles. The van der Waals surface area contributed by atoms with Crippen molar-refractivity contribution in [1.82, 2.24) is 9.97 Å². The van der Waals surface area contributed by atoms with Gasteiger partial charge in [-0.15, -0.1) is 0 Å².